The zero-order valence-corrected chi connectivity index (χ0v) is 11.9. The molecule has 0 aliphatic heterocycles. The fourth-order valence-electron chi connectivity index (χ4n) is 2.73. The topological polar surface area (TPSA) is 12.0 Å². The van der Waals surface area contributed by atoms with E-state index < -0.39 is 0 Å². The van der Waals surface area contributed by atoms with Crippen LogP contribution in [0.1, 0.15) is 50.7 Å². The summed E-state index contributed by atoms with van der Waals surface area (Å²) in [7, 11) is 0. The molecule has 1 atom stereocenters. The van der Waals surface area contributed by atoms with Gasteiger partial charge in [0.05, 0.1) is 0 Å². The first-order valence-electron chi connectivity index (χ1n) is 7.64. The lowest BCUT2D eigenvalue weighted by Gasteiger charge is -2.16. The molecule has 1 N–H and O–H groups in total. The minimum absolute atomic E-state index is 0.782. The summed E-state index contributed by atoms with van der Waals surface area (Å²) in [4.78, 5) is 0. The van der Waals surface area contributed by atoms with E-state index in [1.165, 1.54) is 43.2 Å². The smallest absolute Gasteiger partial charge is 0.00953 e. The molecule has 0 spiro atoms. The average Bonchev–Trinajstić information content (AvgIpc) is 3.23. The molecular formula is C17H27N. The first-order chi connectivity index (χ1) is 8.83. The zero-order valence-electron chi connectivity index (χ0n) is 11.9. The van der Waals surface area contributed by atoms with Gasteiger partial charge in [-0.3, -0.25) is 0 Å². The monoisotopic (exact) mass is 245 g/mol. The lowest BCUT2D eigenvalue weighted by atomic mass is 10.0. The minimum atomic E-state index is 0.782. The van der Waals surface area contributed by atoms with Crippen molar-refractivity contribution >= 4 is 0 Å². The molecule has 1 aromatic rings. The molecule has 1 heteroatoms. The summed E-state index contributed by atoms with van der Waals surface area (Å²) in [5.74, 6) is 0.979. The van der Waals surface area contributed by atoms with Gasteiger partial charge in [-0.1, -0.05) is 38.1 Å². The summed E-state index contributed by atoms with van der Waals surface area (Å²) in [5.41, 5.74) is 2.94. The number of aryl methyl sites for hydroxylation is 2. The van der Waals surface area contributed by atoms with Crippen LogP contribution >= 0.6 is 0 Å². The Kier molecular flexibility index (Phi) is 5.25. The molecule has 0 bridgehead atoms. The number of nitrogens with one attached hydrogen (secondary N) is 1. The Morgan fingerprint density at radius 3 is 2.33 bits per heavy atom. The third-order valence-electron chi connectivity index (χ3n) is 4.07. The van der Waals surface area contributed by atoms with E-state index in [4.69, 9.17) is 0 Å². The van der Waals surface area contributed by atoms with E-state index in [0.29, 0.717) is 0 Å². The van der Waals surface area contributed by atoms with E-state index in [1.54, 1.807) is 0 Å². The Hall–Kier alpha value is -0.820. The van der Waals surface area contributed by atoms with Gasteiger partial charge in [0, 0.05) is 6.04 Å². The Balaban J connectivity index is 1.72. The van der Waals surface area contributed by atoms with Crippen LogP contribution in [-0.4, -0.2) is 12.6 Å². The van der Waals surface area contributed by atoms with Gasteiger partial charge in [0.1, 0.15) is 0 Å². The molecule has 100 valence electrons. The van der Waals surface area contributed by atoms with Gasteiger partial charge in [0.2, 0.25) is 0 Å². The highest BCUT2D eigenvalue weighted by Gasteiger charge is 2.29. The van der Waals surface area contributed by atoms with Crippen LogP contribution in [0.3, 0.4) is 0 Å². The maximum Gasteiger partial charge on any atom is 0.00953 e. The van der Waals surface area contributed by atoms with Crippen molar-refractivity contribution in [1.82, 2.24) is 5.32 Å². The van der Waals surface area contributed by atoms with Gasteiger partial charge in [-0.05, 0) is 62.1 Å². The number of hydrogen-bond donors (Lipinski definition) is 1. The SMILES string of the molecule is CCNC(CCCc1ccc(CC)cc1)C1CC1. The van der Waals surface area contributed by atoms with Crippen molar-refractivity contribution in [2.75, 3.05) is 6.54 Å². The highest BCUT2D eigenvalue weighted by atomic mass is 14.9. The van der Waals surface area contributed by atoms with E-state index in [9.17, 15) is 0 Å². The molecular weight excluding hydrogens is 218 g/mol. The van der Waals surface area contributed by atoms with Crippen LogP contribution in [0, 0.1) is 5.92 Å². The standard InChI is InChI=1S/C17H27N/c1-3-14-8-10-15(11-9-14)6-5-7-17(18-4-2)16-12-13-16/h8-11,16-18H,3-7,12-13H2,1-2H3. The molecule has 1 nitrogen and oxygen atoms in total. The zero-order chi connectivity index (χ0) is 12.8. The molecule has 2 rings (SSSR count). The van der Waals surface area contributed by atoms with E-state index in [2.05, 4.69) is 43.4 Å². The summed E-state index contributed by atoms with van der Waals surface area (Å²) in [6, 6.07) is 9.94. The number of rotatable bonds is 8. The molecule has 18 heavy (non-hydrogen) atoms. The van der Waals surface area contributed by atoms with Crippen LogP contribution in [0.25, 0.3) is 0 Å². The molecule has 1 fully saturated rings. The Bertz CT molecular complexity index is 337. The second-order valence-corrected chi connectivity index (χ2v) is 5.56. The van der Waals surface area contributed by atoms with Crippen LogP contribution in [0.15, 0.2) is 24.3 Å². The van der Waals surface area contributed by atoms with Gasteiger partial charge < -0.3 is 5.32 Å². The van der Waals surface area contributed by atoms with Gasteiger partial charge >= 0.3 is 0 Å². The molecule has 1 aromatic carbocycles. The third kappa shape index (κ3) is 4.13. The highest BCUT2D eigenvalue weighted by Crippen LogP contribution is 2.34. The summed E-state index contributed by atoms with van der Waals surface area (Å²) >= 11 is 0. The first kappa shape index (κ1) is 13.6. The summed E-state index contributed by atoms with van der Waals surface area (Å²) in [5, 5.41) is 3.65. The lowest BCUT2D eigenvalue weighted by molar-refractivity contribution is 0.434. The molecule has 0 amide bonds. The van der Waals surface area contributed by atoms with E-state index in [-0.39, 0.29) is 0 Å². The Morgan fingerprint density at radius 1 is 1.11 bits per heavy atom. The maximum absolute atomic E-state index is 3.65. The molecule has 0 aromatic heterocycles. The van der Waals surface area contributed by atoms with Crippen LogP contribution in [0.4, 0.5) is 0 Å². The number of benzene rings is 1. The summed E-state index contributed by atoms with van der Waals surface area (Å²) in [6.45, 7) is 5.55. The lowest BCUT2D eigenvalue weighted by Crippen LogP contribution is -2.30. The summed E-state index contributed by atoms with van der Waals surface area (Å²) in [6.07, 6.45) is 7.93. The van der Waals surface area contributed by atoms with Crippen molar-refractivity contribution < 1.29 is 0 Å². The second kappa shape index (κ2) is 6.94. The van der Waals surface area contributed by atoms with Crippen molar-refractivity contribution in [3.05, 3.63) is 35.4 Å². The highest BCUT2D eigenvalue weighted by molar-refractivity contribution is 5.22. The first-order valence-corrected chi connectivity index (χ1v) is 7.64. The van der Waals surface area contributed by atoms with Gasteiger partial charge in [0.25, 0.3) is 0 Å². The normalized spacial score (nSPS) is 16.8. The van der Waals surface area contributed by atoms with Gasteiger partial charge in [0.15, 0.2) is 0 Å². The van der Waals surface area contributed by atoms with Gasteiger partial charge in [-0.2, -0.15) is 0 Å². The molecule has 1 aliphatic carbocycles. The largest absolute Gasteiger partial charge is 0.314 e. The number of hydrogen-bond acceptors (Lipinski definition) is 1. The van der Waals surface area contributed by atoms with E-state index >= 15 is 0 Å². The van der Waals surface area contributed by atoms with Crippen LogP contribution in [0.2, 0.25) is 0 Å². The quantitative estimate of drug-likeness (QED) is 0.731. The van der Waals surface area contributed by atoms with Crippen molar-refractivity contribution in [3.63, 3.8) is 0 Å². The third-order valence-corrected chi connectivity index (χ3v) is 4.07. The van der Waals surface area contributed by atoms with Crippen molar-refractivity contribution in [1.29, 1.82) is 0 Å². The van der Waals surface area contributed by atoms with Crippen molar-refractivity contribution in [3.8, 4) is 0 Å². The predicted molar refractivity (Wildman–Crippen MR) is 78.9 cm³/mol. The second-order valence-electron chi connectivity index (χ2n) is 5.56. The molecule has 0 radical (unpaired) electrons. The predicted octanol–water partition coefficient (Wildman–Crippen LogP) is 3.96. The Labute approximate surface area is 112 Å². The van der Waals surface area contributed by atoms with E-state index in [0.717, 1.165) is 24.9 Å². The molecule has 0 saturated heterocycles. The average molecular weight is 245 g/mol. The van der Waals surface area contributed by atoms with E-state index in [1.807, 2.05) is 0 Å². The van der Waals surface area contributed by atoms with Gasteiger partial charge in [-0.15, -0.1) is 0 Å². The molecule has 1 aliphatic rings. The summed E-state index contributed by atoms with van der Waals surface area (Å²) < 4.78 is 0. The van der Waals surface area contributed by atoms with Gasteiger partial charge in [-0.25, -0.2) is 0 Å². The molecule has 1 unspecified atom stereocenters. The van der Waals surface area contributed by atoms with Crippen molar-refractivity contribution in [2.24, 2.45) is 5.92 Å². The molecule has 1 saturated carbocycles. The van der Waals surface area contributed by atoms with Crippen LogP contribution < -0.4 is 5.32 Å². The van der Waals surface area contributed by atoms with Crippen molar-refractivity contribution in [2.45, 2.75) is 58.4 Å². The fourth-order valence-corrected chi connectivity index (χ4v) is 2.73. The minimum Gasteiger partial charge on any atom is -0.314 e. The fraction of sp³-hybridized carbons (Fsp3) is 0.647. The van der Waals surface area contributed by atoms with Crippen LogP contribution in [-0.2, 0) is 12.8 Å². The maximum atomic E-state index is 3.65. The molecule has 0 heterocycles. The Morgan fingerprint density at radius 2 is 1.78 bits per heavy atom. The van der Waals surface area contributed by atoms with Crippen LogP contribution in [0.5, 0.6) is 0 Å².